The molecule has 3 rings (SSSR count). The van der Waals surface area contributed by atoms with Crippen LogP contribution in [0.25, 0.3) is 0 Å². The molecule has 2 aromatic carbocycles. The van der Waals surface area contributed by atoms with Gasteiger partial charge >= 0.3 is 0 Å². The van der Waals surface area contributed by atoms with E-state index >= 15 is 0 Å². The van der Waals surface area contributed by atoms with Gasteiger partial charge in [-0.05, 0) is 11.1 Å². The number of nitrogens with one attached hydrogen (secondary N) is 1. The third kappa shape index (κ3) is 3.87. The Balaban J connectivity index is 1.79. The molecule has 0 saturated heterocycles. The minimum absolute atomic E-state index is 0.338. The highest BCUT2D eigenvalue weighted by Crippen LogP contribution is 2.26. The normalized spacial score (nSPS) is 15.8. The number of carbonyl (C=O) groups is 3. The van der Waals surface area contributed by atoms with Crippen molar-refractivity contribution in [2.45, 2.75) is 12.1 Å². The van der Waals surface area contributed by atoms with E-state index in [0.29, 0.717) is 0 Å². The van der Waals surface area contributed by atoms with Crippen LogP contribution in [0.3, 0.4) is 0 Å². The van der Waals surface area contributed by atoms with Gasteiger partial charge in [-0.1, -0.05) is 60.7 Å². The zero-order valence-electron chi connectivity index (χ0n) is 14.0. The van der Waals surface area contributed by atoms with Gasteiger partial charge in [0.1, 0.15) is 6.54 Å². The van der Waals surface area contributed by atoms with Crippen molar-refractivity contribution in [3.8, 4) is 0 Å². The second-order valence-electron chi connectivity index (χ2n) is 5.99. The summed E-state index contributed by atoms with van der Waals surface area (Å²) < 4.78 is 0. The zero-order valence-corrected chi connectivity index (χ0v) is 14.0. The molecule has 26 heavy (non-hydrogen) atoms. The SMILES string of the molecule is N[C@@H](c1ccccc1)[C@@H](NC(=O)CN1C(=O)C=CC1=O)c1ccccc1. The molecule has 0 saturated carbocycles. The third-order valence-electron chi connectivity index (χ3n) is 4.22. The summed E-state index contributed by atoms with van der Waals surface area (Å²) in [7, 11) is 0. The summed E-state index contributed by atoms with van der Waals surface area (Å²) in [5.74, 6) is -1.43. The largest absolute Gasteiger partial charge is 0.346 e. The average molecular weight is 349 g/mol. The lowest BCUT2D eigenvalue weighted by atomic mass is 9.94. The first kappa shape index (κ1) is 17.6. The Kier molecular flexibility index (Phi) is 5.24. The molecule has 3 N–H and O–H groups in total. The minimum atomic E-state index is -0.494. The van der Waals surface area contributed by atoms with Crippen molar-refractivity contribution in [1.29, 1.82) is 0 Å². The van der Waals surface area contributed by atoms with Crippen LogP contribution in [-0.4, -0.2) is 29.2 Å². The molecular formula is C20H19N3O3. The van der Waals surface area contributed by atoms with E-state index in [1.807, 2.05) is 60.7 Å². The number of rotatable bonds is 6. The lowest BCUT2D eigenvalue weighted by Crippen LogP contribution is -2.43. The first-order valence-corrected chi connectivity index (χ1v) is 8.24. The number of hydrogen-bond acceptors (Lipinski definition) is 4. The number of benzene rings is 2. The maximum absolute atomic E-state index is 12.5. The summed E-state index contributed by atoms with van der Waals surface area (Å²) in [4.78, 5) is 36.7. The fourth-order valence-corrected chi connectivity index (χ4v) is 2.86. The van der Waals surface area contributed by atoms with Crippen molar-refractivity contribution in [2.24, 2.45) is 5.73 Å². The van der Waals surface area contributed by atoms with Crippen LogP contribution in [0.5, 0.6) is 0 Å². The van der Waals surface area contributed by atoms with Crippen LogP contribution in [0.1, 0.15) is 23.2 Å². The van der Waals surface area contributed by atoms with Crippen molar-refractivity contribution in [3.05, 3.63) is 83.9 Å². The Morgan fingerprint density at radius 1 is 0.885 bits per heavy atom. The molecule has 3 amide bonds. The van der Waals surface area contributed by atoms with Crippen molar-refractivity contribution in [2.75, 3.05) is 6.54 Å². The van der Waals surface area contributed by atoms with Crippen molar-refractivity contribution in [3.63, 3.8) is 0 Å². The van der Waals surface area contributed by atoms with E-state index in [0.717, 1.165) is 28.2 Å². The molecule has 0 radical (unpaired) electrons. The minimum Gasteiger partial charge on any atom is -0.346 e. The van der Waals surface area contributed by atoms with Crippen LogP contribution in [0.15, 0.2) is 72.8 Å². The van der Waals surface area contributed by atoms with Gasteiger partial charge in [-0.3, -0.25) is 19.3 Å². The van der Waals surface area contributed by atoms with Crippen molar-refractivity contribution >= 4 is 17.7 Å². The van der Waals surface area contributed by atoms with Gasteiger partial charge in [0.05, 0.1) is 12.1 Å². The third-order valence-corrected chi connectivity index (χ3v) is 4.22. The number of nitrogens with two attached hydrogens (primary N) is 1. The zero-order chi connectivity index (χ0) is 18.5. The molecule has 1 heterocycles. The van der Waals surface area contributed by atoms with Gasteiger partial charge in [0, 0.05) is 12.2 Å². The molecule has 0 spiro atoms. The Bertz CT molecular complexity index is 816. The predicted octanol–water partition coefficient (Wildman–Crippen LogP) is 1.47. The molecular weight excluding hydrogens is 330 g/mol. The maximum Gasteiger partial charge on any atom is 0.254 e. The highest BCUT2D eigenvalue weighted by Gasteiger charge is 2.28. The Morgan fingerprint density at radius 2 is 1.38 bits per heavy atom. The second-order valence-corrected chi connectivity index (χ2v) is 5.99. The summed E-state index contributed by atoms with van der Waals surface area (Å²) >= 11 is 0. The van der Waals surface area contributed by atoms with E-state index in [4.69, 9.17) is 5.73 Å². The average Bonchev–Trinajstić information content (AvgIpc) is 2.99. The molecule has 6 heteroatoms. The molecule has 1 aliphatic rings. The van der Waals surface area contributed by atoms with Gasteiger partial charge in [0.2, 0.25) is 5.91 Å². The quantitative estimate of drug-likeness (QED) is 0.773. The topological polar surface area (TPSA) is 92.5 Å². The maximum atomic E-state index is 12.5. The molecule has 2 aromatic rings. The summed E-state index contributed by atoms with van der Waals surface area (Å²) in [6.45, 7) is -0.338. The van der Waals surface area contributed by atoms with Crippen LogP contribution < -0.4 is 11.1 Å². The predicted molar refractivity (Wildman–Crippen MR) is 96.6 cm³/mol. The number of imide groups is 1. The van der Waals surface area contributed by atoms with E-state index < -0.39 is 29.8 Å². The lowest BCUT2D eigenvalue weighted by Gasteiger charge is -2.27. The van der Waals surface area contributed by atoms with Gasteiger partial charge < -0.3 is 11.1 Å². The van der Waals surface area contributed by atoms with E-state index in [2.05, 4.69) is 5.32 Å². The number of amides is 3. The van der Waals surface area contributed by atoms with E-state index in [1.165, 1.54) is 0 Å². The van der Waals surface area contributed by atoms with Crippen LogP contribution >= 0.6 is 0 Å². The first-order chi connectivity index (χ1) is 12.6. The Morgan fingerprint density at radius 3 is 1.92 bits per heavy atom. The molecule has 0 fully saturated rings. The van der Waals surface area contributed by atoms with Crippen molar-refractivity contribution in [1.82, 2.24) is 10.2 Å². The van der Waals surface area contributed by atoms with Crippen LogP contribution in [0.4, 0.5) is 0 Å². The monoisotopic (exact) mass is 349 g/mol. The van der Waals surface area contributed by atoms with Crippen molar-refractivity contribution < 1.29 is 14.4 Å². The molecule has 0 unspecified atom stereocenters. The molecule has 0 bridgehead atoms. The molecule has 132 valence electrons. The van der Waals surface area contributed by atoms with E-state index in [9.17, 15) is 14.4 Å². The number of hydrogen-bond donors (Lipinski definition) is 2. The molecule has 6 nitrogen and oxygen atoms in total. The smallest absolute Gasteiger partial charge is 0.254 e. The second kappa shape index (κ2) is 7.76. The summed E-state index contributed by atoms with van der Waals surface area (Å²) in [5, 5.41) is 2.86. The highest BCUT2D eigenvalue weighted by atomic mass is 16.2. The Labute approximate surface area is 151 Å². The molecule has 1 aliphatic heterocycles. The summed E-state index contributed by atoms with van der Waals surface area (Å²) in [6, 6.07) is 17.8. The number of carbonyl (C=O) groups excluding carboxylic acids is 3. The number of nitrogens with zero attached hydrogens (tertiary/aromatic N) is 1. The molecule has 0 aliphatic carbocycles. The van der Waals surface area contributed by atoms with E-state index in [-0.39, 0.29) is 6.54 Å². The van der Waals surface area contributed by atoms with Crippen LogP contribution in [-0.2, 0) is 14.4 Å². The fourth-order valence-electron chi connectivity index (χ4n) is 2.86. The lowest BCUT2D eigenvalue weighted by molar-refractivity contribution is -0.141. The highest BCUT2D eigenvalue weighted by molar-refractivity contribution is 6.14. The van der Waals surface area contributed by atoms with Crippen LogP contribution in [0, 0.1) is 0 Å². The van der Waals surface area contributed by atoms with Gasteiger partial charge in [0.25, 0.3) is 11.8 Å². The van der Waals surface area contributed by atoms with E-state index in [1.54, 1.807) is 0 Å². The van der Waals surface area contributed by atoms with Crippen LogP contribution in [0.2, 0.25) is 0 Å². The Hall–Kier alpha value is -3.25. The molecule has 2 atom stereocenters. The van der Waals surface area contributed by atoms with Gasteiger partial charge in [-0.15, -0.1) is 0 Å². The van der Waals surface area contributed by atoms with Gasteiger partial charge in [-0.25, -0.2) is 0 Å². The van der Waals surface area contributed by atoms with Gasteiger partial charge in [-0.2, -0.15) is 0 Å². The summed E-state index contributed by atoms with van der Waals surface area (Å²) in [6.07, 6.45) is 2.31. The standard InChI is InChI=1S/C20H19N3O3/c21-19(14-7-3-1-4-8-14)20(15-9-5-2-6-10-15)22-16(24)13-23-17(25)11-12-18(23)26/h1-12,19-20H,13,21H2,(H,22,24)/t19-,20-/m0/s1. The van der Waals surface area contributed by atoms with Gasteiger partial charge in [0.15, 0.2) is 0 Å². The fraction of sp³-hybridized carbons (Fsp3) is 0.150. The molecule has 0 aromatic heterocycles. The summed E-state index contributed by atoms with van der Waals surface area (Å²) in [5.41, 5.74) is 8.12. The first-order valence-electron chi connectivity index (χ1n) is 8.24.